The molecule has 0 saturated carbocycles. The molecular weight excluding hydrogens is 470 g/mol. The largest absolute Gasteiger partial charge is 0.392 e. The highest BCUT2D eigenvalue weighted by atomic mass is 16.7. The molecule has 0 aliphatic carbocycles. The molecule has 2 aliphatic heterocycles. The molecule has 9 heteroatoms. The molecule has 1 aromatic heterocycles. The molecular formula is C28H33N5O4. The molecule has 3 aromatic rings. The van der Waals surface area contributed by atoms with Crippen LogP contribution in [-0.2, 0) is 20.9 Å². The second-order valence-corrected chi connectivity index (χ2v) is 9.49. The minimum absolute atomic E-state index is 0.0100. The zero-order chi connectivity index (χ0) is 25.6. The Morgan fingerprint density at radius 3 is 2.46 bits per heavy atom. The molecule has 2 fully saturated rings. The second kappa shape index (κ2) is 11.8. The van der Waals surface area contributed by atoms with Gasteiger partial charge >= 0.3 is 0 Å². The van der Waals surface area contributed by atoms with Gasteiger partial charge in [-0.05, 0) is 29.3 Å². The Kier molecular flexibility index (Phi) is 8.05. The summed E-state index contributed by atoms with van der Waals surface area (Å²) in [5, 5.41) is 12.3. The lowest BCUT2D eigenvalue weighted by Crippen LogP contribution is -2.50. The van der Waals surface area contributed by atoms with Crippen molar-refractivity contribution in [2.45, 2.75) is 38.4 Å². The number of aromatic nitrogens is 2. The van der Waals surface area contributed by atoms with E-state index in [0.717, 1.165) is 61.8 Å². The number of hydrogen-bond donors (Lipinski definition) is 2. The van der Waals surface area contributed by atoms with Crippen LogP contribution < -0.4 is 10.2 Å². The van der Waals surface area contributed by atoms with Crippen molar-refractivity contribution >= 4 is 17.5 Å². The molecule has 9 nitrogen and oxygen atoms in total. The number of piperazine rings is 1. The number of anilines is 2. The summed E-state index contributed by atoms with van der Waals surface area (Å²) in [7, 11) is 0. The van der Waals surface area contributed by atoms with Crippen LogP contribution in [0.2, 0.25) is 0 Å². The van der Waals surface area contributed by atoms with Crippen LogP contribution in [0.4, 0.5) is 11.6 Å². The van der Waals surface area contributed by atoms with Gasteiger partial charge < -0.3 is 24.8 Å². The summed E-state index contributed by atoms with van der Waals surface area (Å²) in [6, 6.07) is 17.3. The summed E-state index contributed by atoms with van der Waals surface area (Å²) in [6.07, 6.45) is 3.53. The van der Waals surface area contributed by atoms with Crippen molar-refractivity contribution in [3.63, 3.8) is 0 Å². The van der Waals surface area contributed by atoms with E-state index in [-0.39, 0.29) is 24.7 Å². The predicted octanol–water partition coefficient (Wildman–Crippen LogP) is 3.29. The van der Waals surface area contributed by atoms with E-state index >= 15 is 0 Å². The normalized spacial score (nSPS) is 22.5. The number of aliphatic hydroxyl groups is 1. The zero-order valence-electron chi connectivity index (χ0n) is 21.0. The standard InChI is InChI=1S/C28H33N5O4/c1-20(35)31-24-5-2-4-23(16-24)27-36-25(17-26(37-27)22-8-6-21(19-34)7-9-22)18-32-12-14-33(15-13-32)28-29-10-3-11-30-28/h2-11,16,25-27,34H,12-15,17-19H2,1H3,(H,31,35)/t25-,26+,27+/m0/s1. The molecule has 194 valence electrons. The summed E-state index contributed by atoms with van der Waals surface area (Å²) in [4.78, 5) is 25.0. The minimum Gasteiger partial charge on any atom is -0.392 e. The third kappa shape index (κ3) is 6.50. The molecule has 2 N–H and O–H groups in total. The van der Waals surface area contributed by atoms with E-state index in [1.54, 1.807) is 12.4 Å². The molecule has 5 rings (SSSR count). The van der Waals surface area contributed by atoms with E-state index in [0.29, 0.717) is 5.69 Å². The number of hydrogen-bond acceptors (Lipinski definition) is 8. The maximum absolute atomic E-state index is 11.6. The fraction of sp³-hybridized carbons (Fsp3) is 0.393. The molecule has 0 unspecified atom stereocenters. The van der Waals surface area contributed by atoms with Crippen LogP contribution in [0.3, 0.4) is 0 Å². The molecule has 0 spiro atoms. The summed E-state index contributed by atoms with van der Waals surface area (Å²) < 4.78 is 12.9. The predicted molar refractivity (Wildman–Crippen MR) is 140 cm³/mol. The van der Waals surface area contributed by atoms with Crippen molar-refractivity contribution < 1.29 is 19.4 Å². The van der Waals surface area contributed by atoms with Gasteiger partial charge in [-0.3, -0.25) is 9.69 Å². The topological polar surface area (TPSA) is 100 Å². The summed E-state index contributed by atoms with van der Waals surface area (Å²) in [6.45, 7) is 5.82. The average molecular weight is 504 g/mol. The fourth-order valence-electron chi connectivity index (χ4n) is 4.87. The van der Waals surface area contributed by atoms with E-state index in [4.69, 9.17) is 9.47 Å². The van der Waals surface area contributed by atoms with Gasteiger partial charge in [0.25, 0.3) is 0 Å². The Morgan fingerprint density at radius 2 is 1.76 bits per heavy atom. The molecule has 2 saturated heterocycles. The Labute approximate surface area is 217 Å². The lowest BCUT2D eigenvalue weighted by molar-refractivity contribution is -0.253. The van der Waals surface area contributed by atoms with Crippen LogP contribution in [0.25, 0.3) is 0 Å². The highest BCUT2D eigenvalue weighted by molar-refractivity contribution is 5.88. The molecule has 0 bridgehead atoms. The quantitative estimate of drug-likeness (QED) is 0.507. The molecule has 1 amide bonds. The second-order valence-electron chi connectivity index (χ2n) is 9.49. The first-order valence-electron chi connectivity index (χ1n) is 12.7. The number of rotatable bonds is 7. The number of benzene rings is 2. The van der Waals surface area contributed by atoms with Crippen molar-refractivity contribution in [2.24, 2.45) is 0 Å². The van der Waals surface area contributed by atoms with E-state index in [1.165, 1.54) is 6.92 Å². The number of carbonyl (C=O) groups is 1. The third-order valence-corrected chi connectivity index (χ3v) is 6.76. The van der Waals surface area contributed by atoms with Gasteiger partial charge in [-0.1, -0.05) is 36.4 Å². The van der Waals surface area contributed by atoms with Gasteiger partial charge in [0.05, 0.1) is 18.8 Å². The van der Waals surface area contributed by atoms with E-state index < -0.39 is 6.29 Å². The maximum Gasteiger partial charge on any atom is 0.225 e. The Bertz CT molecular complexity index is 1170. The smallest absolute Gasteiger partial charge is 0.225 e. The monoisotopic (exact) mass is 503 g/mol. The van der Waals surface area contributed by atoms with E-state index in [2.05, 4.69) is 25.1 Å². The lowest BCUT2D eigenvalue weighted by Gasteiger charge is -2.40. The van der Waals surface area contributed by atoms with Crippen LogP contribution in [0.1, 0.15) is 42.4 Å². The average Bonchev–Trinajstić information content (AvgIpc) is 2.94. The zero-order valence-corrected chi connectivity index (χ0v) is 21.0. The SMILES string of the molecule is CC(=O)Nc1cccc([C@@H]2O[C@H](CN3CCN(c4ncccn4)CC3)C[C@H](c3ccc(CO)cc3)O2)c1. The molecule has 0 radical (unpaired) electrons. The molecule has 2 aromatic carbocycles. The highest BCUT2D eigenvalue weighted by Crippen LogP contribution is 2.38. The van der Waals surface area contributed by atoms with Crippen LogP contribution in [0, 0.1) is 0 Å². The van der Waals surface area contributed by atoms with Crippen molar-refractivity contribution in [1.29, 1.82) is 0 Å². The van der Waals surface area contributed by atoms with Gasteiger partial charge in [-0.25, -0.2) is 9.97 Å². The number of ether oxygens (including phenoxy) is 2. The lowest BCUT2D eigenvalue weighted by atomic mass is 9.99. The Hall–Kier alpha value is -3.37. The molecule has 3 atom stereocenters. The van der Waals surface area contributed by atoms with Crippen molar-refractivity contribution in [3.8, 4) is 0 Å². The van der Waals surface area contributed by atoms with Crippen molar-refractivity contribution in [1.82, 2.24) is 14.9 Å². The third-order valence-electron chi connectivity index (χ3n) is 6.76. The Morgan fingerprint density at radius 1 is 1.00 bits per heavy atom. The van der Waals surface area contributed by atoms with Crippen LogP contribution >= 0.6 is 0 Å². The fourth-order valence-corrected chi connectivity index (χ4v) is 4.87. The van der Waals surface area contributed by atoms with Gasteiger partial charge in [0, 0.05) is 69.7 Å². The maximum atomic E-state index is 11.6. The molecule has 3 heterocycles. The number of aliphatic hydroxyl groups excluding tert-OH is 1. The number of amides is 1. The number of nitrogens with zero attached hydrogens (tertiary/aromatic N) is 4. The summed E-state index contributed by atoms with van der Waals surface area (Å²) in [5.74, 6) is 0.650. The first-order valence-corrected chi connectivity index (χ1v) is 12.7. The van der Waals surface area contributed by atoms with Crippen LogP contribution in [0.15, 0.2) is 67.0 Å². The van der Waals surface area contributed by atoms with Gasteiger partial charge in [0.1, 0.15) is 0 Å². The van der Waals surface area contributed by atoms with E-state index in [9.17, 15) is 9.90 Å². The number of nitrogens with one attached hydrogen (secondary N) is 1. The van der Waals surface area contributed by atoms with Crippen LogP contribution in [0.5, 0.6) is 0 Å². The summed E-state index contributed by atoms with van der Waals surface area (Å²) >= 11 is 0. The van der Waals surface area contributed by atoms with Gasteiger partial charge in [-0.2, -0.15) is 0 Å². The van der Waals surface area contributed by atoms with Crippen LogP contribution in [-0.4, -0.2) is 64.7 Å². The minimum atomic E-state index is -0.561. The van der Waals surface area contributed by atoms with Gasteiger partial charge in [0.2, 0.25) is 11.9 Å². The Balaban J connectivity index is 1.30. The summed E-state index contributed by atoms with van der Waals surface area (Å²) in [5.41, 5.74) is 3.49. The van der Waals surface area contributed by atoms with Crippen molar-refractivity contribution in [3.05, 3.63) is 83.7 Å². The van der Waals surface area contributed by atoms with E-state index in [1.807, 2.05) is 54.6 Å². The van der Waals surface area contributed by atoms with Crippen molar-refractivity contribution in [2.75, 3.05) is 42.9 Å². The molecule has 2 aliphatic rings. The molecule has 37 heavy (non-hydrogen) atoms. The van der Waals surface area contributed by atoms with Gasteiger partial charge in [0.15, 0.2) is 6.29 Å². The number of carbonyl (C=O) groups excluding carboxylic acids is 1. The first-order chi connectivity index (χ1) is 18.1. The first kappa shape index (κ1) is 25.3. The highest BCUT2D eigenvalue weighted by Gasteiger charge is 2.34. The van der Waals surface area contributed by atoms with Gasteiger partial charge in [-0.15, -0.1) is 0 Å².